The maximum Gasteiger partial charge on any atom is 0.341 e. The molecule has 0 fully saturated rings. The predicted molar refractivity (Wildman–Crippen MR) is 119 cm³/mol. The monoisotopic (exact) mass is 440 g/mol. The fraction of sp³-hybridized carbons (Fsp3) is 0.348. The number of methoxy groups -OCH3 is 2. The van der Waals surface area contributed by atoms with Gasteiger partial charge in [0.05, 0.1) is 26.4 Å². The van der Waals surface area contributed by atoms with Crippen LogP contribution in [0.1, 0.15) is 46.1 Å². The second-order valence-electron chi connectivity index (χ2n) is 6.87. The van der Waals surface area contributed by atoms with Gasteiger partial charge in [-0.15, -0.1) is 11.3 Å². The van der Waals surface area contributed by atoms with Crippen LogP contribution in [0, 0.1) is 11.3 Å². The van der Waals surface area contributed by atoms with Gasteiger partial charge in [-0.05, 0) is 61.9 Å². The van der Waals surface area contributed by atoms with Crippen molar-refractivity contribution in [2.45, 2.75) is 32.6 Å². The molecule has 0 saturated heterocycles. The molecular formula is C23H24N2O5S. The fourth-order valence-electron chi connectivity index (χ4n) is 3.50. The Morgan fingerprint density at radius 1 is 1.19 bits per heavy atom. The van der Waals surface area contributed by atoms with Gasteiger partial charge in [-0.1, -0.05) is 6.07 Å². The molecule has 0 radical (unpaired) electrons. The molecule has 0 bridgehead atoms. The number of nitriles is 1. The van der Waals surface area contributed by atoms with Crippen LogP contribution in [0.5, 0.6) is 11.5 Å². The van der Waals surface area contributed by atoms with E-state index in [2.05, 4.69) is 5.32 Å². The zero-order valence-corrected chi connectivity index (χ0v) is 18.6. The molecule has 0 unspecified atom stereocenters. The maximum absolute atomic E-state index is 12.9. The molecule has 1 aromatic carbocycles. The summed E-state index contributed by atoms with van der Waals surface area (Å²) in [5.41, 5.74) is 1.89. The number of rotatable bonds is 7. The van der Waals surface area contributed by atoms with Crippen LogP contribution < -0.4 is 14.8 Å². The Morgan fingerprint density at radius 3 is 2.61 bits per heavy atom. The highest BCUT2D eigenvalue weighted by Gasteiger charge is 2.27. The SMILES string of the molecule is CCOC(=O)c1c(NC(=O)/C(C#N)=C/c2ccc(OC)c(OC)c2)sc2c1CCCC2. The van der Waals surface area contributed by atoms with E-state index in [-0.39, 0.29) is 12.2 Å². The first-order valence-corrected chi connectivity index (χ1v) is 10.8. The molecule has 7 nitrogen and oxygen atoms in total. The van der Waals surface area contributed by atoms with Crippen LogP contribution in [0.15, 0.2) is 23.8 Å². The van der Waals surface area contributed by atoms with Gasteiger partial charge in [0, 0.05) is 4.88 Å². The zero-order valence-electron chi connectivity index (χ0n) is 17.7. The van der Waals surface area contributed by atoms with Gasteiger partial charge in [0.15, 0.2) is 11.5 Å². The summed E-state index contributed by atoms with van der Waals surface area (Å²) < 4.78 is 15.7. The van der Waals surface area contributed by atoms with Gasteiger partial charge in [-0.25, -0.2) is 4.79 Å². The number of carbonyl (C=O) groups excluding carboxylic acids is 2. The quantitative estimate of drug-likeness (QED) is 0.390. The predicted octanol–water partition coefficient (Wildman–Crippen LogP) is 4.37. The number of nitrogens with one attached hydrogen (secondary N) is 1. The first-order chi connectivity index (χ1) is 15.0. The van der Waals surface area contributed by atoms with Gasteiger partial charge in [0.25, 0.3) is 5.91 Å². The van der Waals surface area contributed by atoms with Crippen molar-refractivity contribution in [3.05, 3.63) is 45.3 Å². The molecule has 31 heavy (non-hydrogen) atoms. The Morgan fingerprint density at radius 2 is 1.94 bits per heavy atom. The van der Waals surface area contributed by atoms with E-state index in [1.807, 2.05) is 6.07 Å². The molecule has 0 spiro atoms. The number of ether oxygens (including phenoxy) is 3. The minimum Gasteiger partial charge on any atom is -0.493 e. The Bertz CT molecular complexity index is 1060. The van der Waals surface area contributed by atoms with Crippen molar-refractivity contribution in [1.29, 1.82) is 5.26 Å². The number of thiophene rings is 1. The first kappa shape index (κ1) is 22.4. The molecule has 1 amide bonds. The van der Waals surface area contributed by atoms with E-state index in [9.17, 15) is 14.9 Å². The normalized spacial score (nSPS) is 13.0. The zero-order chi connectivity index (χ0) is 22.4. The average Bonchev–Trinajstić information content (AvgIpc) is 3.15. The number of hydrogen-bond donors (Lipinski definition) is 1. The molecule has 8 heteroatoms. The van der Waals surface area contributed by atoms with Crippen molar-refractivity contribution in [3.63, 3.8) is 0 Å². The number of hydrogen-bond acceptors (Lipinski definition) is 7. The number of nitrogens with zero attached hydrogens (tertiary/aromatic N) is 1. The number of anilines is 1. The van der Waals surface area contributed by atoms with Crippen molar-refractivity contribution in [1.82, 2.24) is 0 Å². The van der Waals surface area contributed by atoms with Gasteiger partial charge < -0.3 is 19.5 Å². The van der Waals surface area contributed by atoms with Crippen LogP contribution in [-0.4, -0.2) is 32.7 Å². The first-order valence-electron chi connectivity index (χ1n) is 9.99. The maximum atomic E-state index is 12.9. The van der Waals surface area contributed by atoms with Crippen molar-refractivity contribution in [3.8, 4) is 17.6 Å². The second-order valence-corrected chi connectivity index (χ2v) is 7.98. The number of esters is 1. The molecule has 1 heterocycles. The minimum absolute atomic E-state index is 0.0894. The molecule has 1 N–H and O–H groups in total. The van der Waals surface area contributed by atoms with Gasteiger partial charge in [0.1, 0.15) is 16.6 Å². The topological polar surface area (TPSA) is 97.7 Å². The number of fused-ring (bicyclic) bond motifs is 1. The summed E-state index contributed by atoms with van der Waals surface area (Å²) in [4.78, 5) is 26.5. The van der Waals surface area contributed by atoms with Gasteiger partial charge >= 0.3 is 5.97 Å². The Hall–Kier alpha value is -3.31. The lowest BCUT2D eigenvalue weighted by molar-refractivity contribution is -0.112. The highest BCUT2D eigenvalue weighted by molar-refractivity contribution is 7.17. The van der Waals surface area contributed by atoms with Crippen LogP contribution in [0.25, 0.3) is 6.08 Å². The summed E-state index contributed by atoms with van der Waals surface area (Å²) >= 11 is 1.38. The largest absolute Gasteiger partial charge is 0.493 e. The van der Waals surface area contributed by atoms with Crippen LogP contribution in [-0.2, 0) is 22.4 Å². The van der Waals surface area contributed by atoms with Gasteiger partial charge in [-0.3, -0.25) is 4.79 Å². The average molecular weight is 441 g/mol. The van der Waals surface area contributed by atoms with Crippen LogP contribution >= 0.6 is 11.3 Å². The molecule has 1 aromatic heterocycles. The second kappa shape index (κ2) is 10.1. The van der Waals surface area contributed by atoms with E-state index >= 15 is 0 Å². The van der Waals surface area contributed by atoms with E-state index in [0.29, 0.717) is 27.6 Å². The summed E-state index contributed by atoms with van der Waals surface area (Å²) in [6.45, 7) is 1.99. The van der Waals surface area contributed by atoms with E-state index in [4.69, 9.17) is 14.2 Å². The lowest BCUT2D eigenvalue weighted by atomic mass is 9.95. The molecule has 2 aromatic rings. The molecular weight excluding hydrogens is 416 g/mol. The number of amides is 1. The molecule has 0 aliphatic heterocycles. The summed E-state index contributed by atoms with van der Waals surface area (Å²) in [5, 5.41) is 12.8. The van der Waals surface area contributed by atoms with E-state index in [1.54, 1.807) is 25.1 Å². The Balaban J connectivity index is 1.91. The molecule has 0 saturated carbocycles. The van der Waals surface area contributed by atoms with Gasteiger partial charge in [0.2, 0.25) is 0 Å². The summed E-state index contributed by atoms with van der Waals surface area (Å²) in [7, 11) is 3.04. The van der Waals surface area contributed by atoms with E-state index in [1.165, 1.54) is 31.6 Å². The standard InChI is InChI=1S/C23H24N2O5S/c1-4-30-23(27)20-16-7-5-6-8-19(16)31-22(20)25-21(26)15(13-24)11-14-9-10-17(28-2)18(12-14)29-3/h9-12H,4-8H2,1-3H3,(H,25,26)/b15-11+. The van der Waals surface area contributed by atoms with Crippen molar-refractivity contribution in [2.24, 2.45) is 0 Å². The highest BCUT2D eigenvalue weighted by Crippen LogP contribution is 2.39. The third kappa shape index (κ3) is 4.89. The summed E-state index contributed by atoms with van der Waals surface area (Å²) in [6.07, 6.45) is 5.16. The highest BCUT2D eigenvalue weighted by atomic mass is 32.1. The van der Waals surface area contributed by atoms with Crippen LogP contribution in [0.4, 0.5) is 5.00 Å². The van der Waals surface area contributed by atoms with Crippen molar-refractivity contribution < 1.29 is 23.8 Å². The Kier molecular flexibility index (Phi) is 7.32. The van der Waals surface area contributed by atoms with Crippen molar-refractivity contribution in [2.75, 3.05) is 26.1 Å². The molecule has 0 atom stereocenters. The molecule has 1 aliphatic carbocycles. The van der Waals surface area contributed by atoms with E-state index in [0.717, 1.165) is 36.1 Å². The Labute approximate surface area is 185 Å². The minimum atomic E-state index is -0.582. The number of benzene rings is 1. The summed E-state index contributed by atoms with van der Waals surface area (Å²) in [6, 6.07) is 7.04. The van der Waals surface area contributed by atoms with Crippen molar-refractivity contribution >= 4 is 34.3 Å². The van der Waals surface area contributed by atoms with Crippen LogP contribution in [0.3, 0.4) is 0 Å². The van der Waals surface area contributed by atoms with Crippen LogP contribution in [0.2, 0.25) is 0 Å². The van der Waals surface area contributed by atoms with Gasteiger partial charge in [-0.2, -0.15) is 5.26 Å². The lowest BCUT2D eigenvalue weighted by Crippen LogP contribution is -2.16. The van der Waals surface area contributed by atoms with E-state index < -0.39 is 11.9 Å². The lowest BCUT2D eigenvalue weighted by Gasteiger charge is -2.12. The smallest absolute Gasteiger partial charge is 0.341 e. The fourth-order valence-corrected chi connectivity index (χ4v) is 4.77. The third-order valence-corrected chi connectivity index (χ3v) is 6.17. The number of carbonyl (C=O) groups is 2. The molecule has 1 aliphatic rings. The third-order valence-electron chi connectivity index (χ3n) is 4.96. The molecule has 162 valence electrons. The molecule has 3 rings (SSSR count). The summed E-state index contributed by atoms with van der Waals surface area (Å²) in [5.74, 6) is 0.0105. The number of aryl methyl sites for hydroxylation is 1.